The first kappa shape index (κ1) is 12.8. The van der Waals surface area contributed by atoms with Crippen molar-refractivity contribution in [3.63, 3.8) is 0 Å². The van der Waals surface area contributed by atoms with Crippen LogP contribution in [0, 0.1) is 0 Å². The van der Waals surface area contributed by atoms with Gasteiger partial charge in [0.05, 0.1) is 0 Å². The van der Waals surface area contributed by atoms with E-state index in [-0.39, 0.29) is 0 Å². The minimum atomic E-state index is 0.730. The van der Waals surface area contributed by atoms with Crippen LogP contribution in [0.5, 0.6) is 0 Å². The van der Waals surface area contributed by atoms with Crippen LogP contribution in [0.2, 0.25) is 0 Å². The number of benzene rings is 2. The van der Waals surface area contributed by atoms with E-state index in [1.807, 2.05) is 0 Å². The standard InChI is InChI=1S/C16H19ClN2/c17-8-9-18-10-12-19(13-11-18)16-7-3-5-14-4-1-2-6-15(14)16/h1-7H,8-13H2. The fraction of sp³-hybridized carbons (Fsp3) is 0.375. The van der Waals surface area contributed by atoms with Crippen LogP contribution >= 0.6 is 11.6 Å². The van der Waals surface area contributed by atoms with Crippen molar-refractivity contribution in [3.8, 4) is 0 Å². The molecule has 1 fully saturated rings. The van der Waals surface area contributed by atoms with E-state index < -0.39 is 0 Å². The lowest BCUT2D eigenvalue weighted by molar-refractivity contribution is 0.273. The van der Waals surface area contributed by atoms with Crippen molar-refractivity contribution in [2.24, 2.45) is 0 Å². The van der Waals surface area contributed by atoms with E-state index in [0.29, 0.717) is 0 Å². The molecule has 0 aliphatic carbocycles. The Hall–Kier alpha value is -1.25. The largest absolute Gasteiger partial charge is 0.368 e. The monoisotopic (exact) mass is 274 g/mol. The van der Waals surface area contributed by atoms with Crippen molar-refractivity contribution in [2.45, 2.75) is 0 Å². The predicted octanol–water partition coefficient (Wildman–Crippen LogP) is 3.20. The maximum Gasteiger partial charge on any atom is 0.0446 e. The highest BCUT2D eigenvalue weighted by Crippen LogP contribution is 2.27. The topological polar surface area (TPSA) is 6.48 Å². The zero-order valence-corrected chi connectivity index (χ0v) is 11.8. The van der Waals surface area contributed by atoms with Crippen LogP contribution in [0.25, 0.3) is 10.8 Å². The third-order valence-corrected chi connectivity index (χ3v) is 4.05. The lowest BCUT2D eigenvalue weighted by Crippen LogP contribution is -2.47. The number of anilines is 1. The molecule has 100 valence electrons. The van der Waals surface area contributed by atoms with Gasteiger partial charge in [-0.05, 0) is 11.5 Å². The van der Waals surface area contributed by atoms with Crippen LogP contribution in [-0.4, -0.2) is 43.5 Å². The molecule has 2 aromatic carbocycles. The molecule has 3 heteroatoms. The first-order chi connectivity index (χ1) is 9.38. The summed E-state index contributed by atoms with van der Waals surface area (Å²) in [5.41, 5.74) is 1.36. The average molecular weight is 275 g/mol. The molecule has 2 aromatic rings. The van der Waals surface area contributed by atoms with Crippen molar-refractivity contribution < 1.29 is 0 Å². The van der Waals surface area contributed by atoms with E-state index in [0.717, 1.165) is 38.6 Å². The first-order valence-corrected chi connectivity index (χ1v) is 7.43. The first-order valence-electron chi connectivity index (χ1n) is 6.89. The summed E-state index contributed by atoms with van der Waals surface area (Å²) in [5, 5.41) is 2.68. The molecule has 1 saturated heterocycles. The van der Waals surface area contributed by atoms with Gasteiger partial charge in [-0.25, -0.2) is 0 Å². The van der Waals surface area contributed by atoms with E-state index in [1.165, 1.54) is 16.5 Å². The normalized spacial score (nSPS) is 17.0. The molecular weight excluding hydrogens is 256 g/mol. The molecule has 19 heavy (non-hydrogen) atoms. The molecule has 0 N–H and O–H groups in total. The molecular formula is C16H19ClN2. The van der Waals surface area contributed by atoms with Gasteiger partial charge < -0.3 is 4.90 Å². The van der Waals surface area contributed by atoms with Gasteiger partial charge in [-0.1, -0.05) is 36.4 Å². The summed E-state index contributed by atoms with van der Waals surface area (Å²) in [6.45, 7) is 5.40. The molecule has 0 unspecified atom stereocenters. The Morgan fingerprint density at radius 2 is 1.63 bits per heavy atom. The molecule has 0 atom stereocenters. The van der Waals surface area contributed by atoms with Crippen LogP contribution in [0.3, 0.4) is 0 Å². The predicted molar refractivity (Wildman–Crippen MR) is 83.3 cm³/mol. The van der Waals surface area contributed by atoms with Crippen molar-refractivity contribution in [3.05, 3.63) is 42.5 Å². The number of hydrogen-bond acceptors (Lipinski definition) is 2. The molecule has 3 rings (SSSR count). The molecule has 0 radical (unpaired) electrons. The minimum Gasteiger partial charge on any atom is -0.368 e. The molecule has 0 spiro atoms. The Labute approximate surface area is 119 Å². The van der Waals surface area contributed by atoms with Crippen molar-refractivity contribution >= 4 is 28.1 Å². The molecule has 0 amide bonds. The molecule has 1 heterocycles. The number of halogens is 1. The zero-order valence-electron chi connectivity index (χ0n) is 11.1. The highest BCUT2D eigenvalue weighted by atomic mass is 35.5. The van der Waals surface area contributed by atoms with E-state index in [2.05, 4.69) is 52.3 Å². The molecule has 0 aromatic heterocycles. The van der Waals surface area contributed by atoms with E-state index in [1.54, 1.807) is 0 Å². The fourth-order valence-corrected chi connectivity index (χ4v) is 3.06. The van der Waals surface area contributed by atoms with Crippen LogP contribution < -0.4 is 4.90 Å². The van der Waals surface area contributed by atoms with Gasteiger partial charge in [0.2, 0.25) is 0 Å². The van der Waals surface area contributed by atoms with Gasteiger partial charge in [-0.3, -0.25) is 4.90 Å². The highest BCUT2D eigenvalue weighted by molar-refractivity contribution is 6.18. The summed E-state index contributed by atoms with van der Waals surface area (Å²) in [7, 11) is 0. The lowest BCUT2D eigenvalue weighted by atomic mass is 10.1. The van der Waals surface area contributed by atoms with Crippen LogP contribution in [-0.2, 0) is 0 Å². The number of hydrogen-bond donors (Lipinski definition) is 0. The van der Waals surface area contributed by atoms with E-state index in [9.17, 15) is 0 Å². The van der Waals surface area contributed by atoms with Gasteiger partial charge >= 0.3 is 0 Å². The summed E-state index contributed by atoms with van der Waals surface area (Å²) in [6.07, 6.45) is 0. The zero-order chi connectivity index (χ0) is 13.1. The maximum absolute atomic E-state index is 5.81. The number of alkyl halides is 1. The van der Waals surface area contributed by atoms with Crippen molar-refractivity contribution in [1.29, 1.82) is 0 Å². The lowest BCUT2D eigenvalue weighted by Gasteiger charge is -2.36. The van der Waals surface area contributed by atoms with Gasteiger partial charge in [-0.15, -0.1) is 11.6 Å². The van der Waals surface area contributed by atoms with Crippen LogP contribution in [0.15, 0.2) is 42.5 Å². The Balaban J connectivity index is 1.82. The van der Waals surface area contributed by atoms with Gasteiger partial charge in [0, 0.05) is 49.7 Å². The number of nitrogens with zero attached hydrogens (tertiary/aromatic N) is 2. The molecule has 0 saturated carbocycles. The fourth-order valence-electron chi connectivity index (χ4n) is 2.82. The SMILES string of the molecule is ClCCN1CCN(c2cccc3ccccc23)CC1. The second kappa shape index (κ2) is 5.81. The van der Waals surface area contributed by atoms with Crippen LogP contribution in [0.1, 0.15) is 0 Å². The van der Waals surface area contributed by atoms with Gasteiger partial charge in [-0.2, -0.15) is 0 Å². The summed E-state index contributed by atoms with van der Waals surface area (Å²) < 4.78 is 0. The Morgan fingerprint density at radius 3 is 2.42 bits per heavy atom. The highest BCUT2D eigenvalue weighted by Gasteiger charge is 2.17. The smallest absolute Gasteiger partial charge is 0.0446 e. The third-order valence-electron chi connectivity index (χ3n) is 3.88. The minimum absolute atomic E-state index is 0.730. The third kappa shape index (κ3) is 2.70. The molecule has 1 aliphatic rings. The number of rotatable bonds is 3. The average Bonchev–Trinajstić information content (AvgIpc) is 2.48. The maximum atomic E-state index is 5.81. The Kier molecular flexibility index (Phi) is 3.90. The van der Waals surface area contributed by atoms with E-state index in [4.69, 9.17) is 11.6 Å². The second-order valence-corrected chi connectivity index (χ2v) is 5.39. The quantitative estimate of drug-likeness (QED) is 0.793. The molecule has 0 bridgehead atoms. The number of fused-ring (bicyclic) bond motifs is 1. The Bertz CT molecular complexity index is 542. The Morgan fingerprint density at radius 1 is 0.895 bits per heavy atom. The summed E-state index contributed by atoms with van der Waals surface area (Å²) >= 11 is 5.81. The van der Waals surface area contributed by atoms with Gasteiger partial charge in [0.15, 0.2) is 0 Å². The summed E-state index contributed by atoms with van der Waals surface area (Å²) in [5.74, 6) is 0.730. The van der Waals surface area contributed by atoms with Crippen LogP contribution in [0.4, 0.5) is 5.69 Å². The van der Waals surface area contributed by atoms with E-state index >= 15 is 0 Å². The second-order valence-electron chi connectivity index (χ2n) is 5.02. The van der Waals surface area contributed by atoms with Crippen molar-refractivity contribution in [2.75, 3.05) is 43.5 Å². The van der Waals surface area contributed by atoms with Crippen molar-refractivity contribution in [1.82, 2.24) is 4.90 Å². The van der Waals surface area contributed by atoms with Gasteiger partial charge in [0.25, 0.3) is 0 Å². The summed E-state index contributed by atoms with van der Waals surface area (Å²) in [6, 6.07) is 15.2. The number of piperazine rings is 1. The molecule has 2 nitrogen and oxygen atoms in total. The van der Waals surface area contributed by atoms with Gasteiger partial charge in [0.1, 0.15) is 0 Å². The molecule has 1 aliphatic heterocycles. The summed E-state index contributed by atoms with van der Waals surface area (Å²) in [4.78, 5) is 4.93.